The normalized spacial score (nSPS) is 31.0. The van der Waals surface area contributed by atoms with Gasteiger partial charge in [0.05, 0.1) is 4.92 Å². The van der Waals surface area contributed by atoms with E-state index in [1.165, 1.54) is 24.8 Å². The topological polar surface area (TPSA) is 116 Å². The minimum atomic E-state index is -4.86. The van der Waals surface area contributed by atoms with Crippen molar-refractivity contribution in [2.45, 2.75) is 105 Å². The number of ether oxygens (including phenoxy) is 1. The first-order chi connectivity index (χ1) is 20.5. The number of nitrogens with one attached hydrogen (secondary N) is 1. The molecule has 242 valence electrons. The lowest BCUT2D eigenvalue weighted by Gasteiger charge is -2.57. The van der Waals surface area contributed by atoms with Crippen molar-refractivity contribution in [3.05, 3.63) is 45.5 Å². The molecule has 0 unspecified atom stereocenters. The van der Waals surface area contributed by atoms with Crippen LogP contribution in [0.25, 0.3) is 0 Å². The summed E-state index contributed by atoms with van der Waals surface area (Å²) in [6.45, 7) is 9.84. The molecule has 3 fully saturated rings. The van der Waals surface area contributed by atoms with Gasteiger partial charge in [-0.1, -0.05) is 40.2 Å². The standard InChI is InChI=1S/C22H32O3.C11H11F3N2O3/c1-4-20(24)25-19-8-7-17-16-6-5-14-13-15(23)9-11-21(14,2)18(16)10-12-22(17,19)3;1-6(2)10(17)15-7-3-4-9(16(18)19)8(5-7)11(12,13)14/h13,16-19H,4-12H2,1-3H3;3-6H,1-2H3,(H,15,17)/t16-,17-,18-,19-,21-,22-;/m0./s1. The summed E-state index contributed by atoms with van der Waals surface area (Å²) in [6.07, 6.45) is 6.41. The summed E-state index contributed by atoms with van der Waals surface area (Å²) in [5, 5.41) is 12.8. The fourth-order valence-corrected chi connectivity index (χ4v) is 8.23. The Morgan fingerprint density at radius 3 is 2.41 bits per heavy atom. The van der Waals surface area contributed by atoms with Gasteiger partial charge in [0.15, 0.2) is 5.78 Å². The van der Waals surface area contributed by atoms with Crippen molar-refractivity contribution in [2.24, 2.45) is 34.5 Å². The first-order valence-electron chi connectivity index (χ1n) is 15.6. The van der Waals surface area contributed by atoms with E-state index < -0.39 is 34.2 Å². The molecule has 1 amide bonds. The van der Waals surface area contributed by atoms with Crippen LogP contribution in [-0.4, -0.2) is 28.7 Å². The van der Waals surface area contributed by atoms with Gasteiger partial charge in [-0.3, -0.25) is 24.5 Å². The fourth-order valence-electron chi connectivity index (χ4n) is 8.23. The van der Waals surface area contributed by atoms with E-state index in [1.807, 2.05) is 13.0 Å². The van der Waals surface area contributed by atoms with Gasteiger partial charge in [0.2, 0.25) is 5.91 Å². The second kappa shape index (κ2) is 12.6. The van der Waals surface area contributed by atoms with E-state index in [4.69, 9.17) is 4.74 Å². The van der Waals surface area contributed by atoms with Crippen LogP contribution in [0.15, 0.2) is 29.8 Å². The van der Waals surface area contributed by atoms with Gasteiger partial charge in [-0.2, -0.15) is 13.2 Å². The first-order valence-corrected chi connectivity index (χ1v) is 15.6. The molecule has 5 rings (SSSR count). The number of anilines is 1. The highest BCUT2D eigenvalue weighted by Gasteiger charge is 2.60. The number of halogens is 3. The number of allylic oxidation sites excluding steroid dienone is 1. The summed E-state index contributed by atoms with van der Waals surface area (Å²) >= 11 is 0. The Morgan fingerprint density at radius 1 is 1.09 bits per heavy atom. The van der Waals surface area contributed by atoms with Gasteiger partial charge in [-0.25, -0.2) is 0 Å². The number of hydrogen-bond donors (Lipinski definition) is 1. The van der Waals surface area contributed by atoms with E-state index in [9.17, 15) is 37.7 Å². The Kier molecular flexibility index (Phi) is 9.66. The zero-order valence-corrected chi connectivity index (χ0v) is 26.1. The van der Waals surface area contributed by atoms with Crippen LogP contribution in [-0.2, 0) is 25.3 Å². The molecule has 0 heterocycles. The Balaban J connectivity index is 0.000000210. The lowest BCUT2D eigenvalue weighted by Crippen LogP contribution is -2.51. The number of rotatable bonds is 5. The fraction of sp³-hybridized carbons (Fsp3) is 0.667. The highest BCUT2D eigenvalue weighted by atomic mass is 19.4. The SMILES string of the molecule is CC(C)C(=O)Nc1ccc([N+](=O)[O-])c(C(F)(F)F)c1.CCC(=O)O[C@H]1CC[C@H]2[C@@H]3CCC4=CC(=O)CC[C@]4(C)[C@H]3CC[C@]12C. The number of nitro benzene ring substituents is 1. The number of carbonyl (C=O) groups is 3. The molecule has 0 aliphatic heterocycles. The van der Waals surface area contributed by atoms with Gasteiger partial charge in [-0.05, 0) is 86.3 Å². The van der Waals surface area contributed by atoms with Crippen LogP contribution in [0.1, 0.15) is 98.0 Å². The smallest absolute Gasteiger partial charge is 0.423 e. The molecular formula is C33H43F3N2O6. The number of fused-ring (bicyclic) bond motifs is 5. The van der Waals surface area contributed by atoms with E-state index in [-0.39, 0.29) is 28.6 Å². The number of amides is 1. The lowest BCUT2D eigenvalue weighted by atomic mass is 9.47. The van der Waals surface area contributed by atoms with Crippen molar-refractivity contribution in [3.63, 3.8) is 0 Å². The molecular weight excluding hydrogens is 577 g/mol. The second-order valence-electron chi connectivity index (χ2n) is 13.6. The third-order valence-electron chi connectivity index (χ3n) is 10.7. The predicted molar refractivity (Wildman–Crippen MR) is 158 cm³/mol. The Bertz CT molecular complexity index is 1340. The highest BCUT2D eigenvalue weighted by Crippen LogP contribution is 2.65. The second-order valence-corrected chi connectivity index (χ2v) is 13.6. The van der Waals surface area contributed by atoms with E-state index in [0.717, 1.165) is 50.2 Å². The van der Waals surface area contributed by atoms with E-state index in [0.29, 0.717) is 30.1 Å². The molecule has 0 bridgehead atoms. The zero-order valence-electron chi connectivity index (χ0n) is 26.1. The molecule has 11 heteroatoms. The summed E-state index contributed by atoms with van der Waals surface area (Å²) in [5.74, 6) is 1.53. The maximum Gasteiger partial charge on any atom is 0.423 e. The van der Waals surface area contributed by atoms with E-state index in [1.54, 1.807) is 13.8 Å². The van der Waals surface area contributed by atoms with Crippen LogP contribution < -0.4 is 5.32 Å². The molecule has 6 atom stereocenters. The van der Waals surface area contributed by atoms with Gasteiger partial charge in [0.25, 0.3) is 5.69 Å². The summed E-state index contributed by atoms with van der Waals surface area (Å²) in [4.78, 5) is 44.6. The molecule has 4 aliphatic carbocycles. The molecule has 0 spiro atoms. The van der Waals surface area contributed by atoms with Crippen molar-refractivity contribution >= 4 is 29.0 Å². The number of nitro groups is 1. The van der Waals surface area contributed by atoms with Crippen LogP contribution >= 0.6 is 0 Å². The molecule has 0 radical (unpaired) electrons. The number of esters is 1. The average molecular weight is 621 g/mol. The monoisotopic (exact) mass is 620 g/mol. The molecule has 8 nitrogen and oxygen atoms in total. The number of benzene rings is 1. The molecule has 1 N–H and O–H groups in total. The van der Waals surface area contributed by atoms with Gasteiger partial charge < -0.3 is 10.1 Å². The number of alkyl halides is 3. The molecule has 44 heavy (non-hydrogen) atoms. The molecule has 0 aromatic heterocycles. The van der Waals surface area contributed by atoms with Crippen LogP contribution in [0.5, 0.6) is 0 Å². The Labute approximate surface area is 256 Å². The Hall–Kier alpha value is -3.24. The maximum atomic E-state index is 12.7. The van der Waals surface area contributed by atoms with Crippen molar-refractivity contribution in [2.75, 3.05) is 5.32 Å². The third kappa shape index (κ3) is 6.56. The van der Waals surface area contributed by atoms with Crippen LogP contribution in [0.3, 0.4) is 0 Å². The van der Waals surface area contributed by atoms with Crippen LogP contribution in [0, 0.1) is 44.6 Å². The van der Waals surface area contributed by atoms with Gasteiger partial charge in [0.1, 0.15) is 11.7 Å². The average Bonchev–Trinajstić information content (AvgIpc) is 3.28. The summed E-state index contributed by atoms with van der Waals surface area (Å²) < 4.78 is 43.9. The number of hydrogen-bond acceptors (Lipinski definition) is 6. The van der Waals surface area contributed by atoms with Crippen LogP contribution in [0.4, 0.5) is 24.5 Å². The molecule has 3 saturated carbocycles. The van der Waals surface area contributed by atoms with Crippen molar-refractivity contribution in [3.8, 4) is 0 Å². The first kappa shape index (κ1) is 33.6. The predicted octanol–water partition coefficient (Wildman–Crippen LogP) is 8.05. The lowest BCUT2D eigenvalue weighted by molar-refractivity contribution is -0.388. The van der Waals surface area contributed by atoms with Crippen molar-refractivity contribution in [1.82, 2.24) is 0 Å². The van der Waals surface area contributed by atoms with Crippen LogP contribution in [0.2, 0.25) is 0 Å². The van der Waals surface area contributed by atoms with E-state index in [2.05, 4.69) is 19.2 Å². The number of carbonyl (C=O) groups excluding carboxylic acids is 3. The van der Waals surface area contributed by atoms with Gasteiger partial charge in [-0.15, -0.1) is 0 Å². The number of ketones is 1. The quantitative estimate of drug-likeness (QED) is 0.202. The van der Waals surface area contributed by atoms with Gasteiger partial charge in [0, 0.05) is 35.9 Å². The maximum absolute atomic E-state index is 12.7. The highest BCUT2D eigenvalue weighted by molar-refractivity contribution is 5.92. The molecule has 4 aliphatic rings. The van der Waals surface area contributed by atoms with Gasteiger partial charge >= 0.3 is 12.1 Å². The molecule has 1 aromatic carbocycles. The summed E-state index contributed by atoms with van der Waals surface area (Å²) in [6, 6.07) is 2.34. The molecule has 1 aromatic rings. The Morgan fingerprint density at radius 2 is 1.80 bits per heavy atom. The van der Waals surface area contributed by atoms with Crippen molar-refractivity contribution in [1.29, 1.82) is 0 Å². The van der Waals surface area contributed by atoms with Crippen molar-refractivity contribution < 1.29 is 37.2 Å². The van der Waals surface area contributed by atoms with E-state index >= 15 is 0 Å². The molecule has 0 saturated heterocycles. The summed E-state index contributed by atoms with van der Waals surface area (Å²) in [7, 11) is 0. The minimum Gasteiger partial charge on any atom is -0.462 e. The summed E-state index contributed by atoms with van der Waals surface area (Å²) in [5.41, 5.74) is -0.740. The zero-order chi connectivity index (χ0) is 32.6. The third-order valence-corrected chi connectivity index (χ3v) is 10.7. The minimum absolute atomic E-state index is 0.0411. The number of nitrogens with zero attached hydrogens (tertiary/aromatic N) is 1. The largest absolute Gasteiger partial charge is 0.462 e.